The summed E-state index contributed by atoms with van der Waals surface area (Å²) >= 11 is 0. The van der Waals surface area contributed by atoms with Crippen LogP contribution in [-0.2, 0) is 0 Å². The van der Waals surface area contributed by atoms with Crippen molar-refractivity contribution in [2.75, 3.05) is 26.2 Å². The normalized spacial score (nSPS) is 24.6. The summed E-state index contributed by atoms with van der Waals surface area (Å²) in [4.78, 5) is 2.55. The number of hydrogen-bond acceptors (Lipinski definition) is 3. The molecule has 96 valence electrons. The lowest BCUT2D eigenvalue weighted by Gasteiger charge is -2.36. The molecule has 0 amide bonds. The summed E-state index contributed by atoms with van der Waals surface area (Å²) in [6.07, 6.45) is 5.96. The van der Waals surface area contributed by atoms with Crippen LogP contribution in [0.3, 0.4) is 0 Å². The third kappa shape index (κ3) is 5.28. The van der Waals surface area contributed by atoms with Gasteiger partial charge >= 0.3 is 0 Å². The van der Waals surface area contributed by atoms with Crippen molar-refractivity contribution in [1.29, 1.82) is 0 Å². The van der Waals surface area contributed by atoms with Crippen LogP contribution in [-0.4, -0.2) is 48.3 Å². The van der Waals surface area contributed by atoms with E-state index in [4.69, 9.17) is 0 Å². The number of nitrogens with zero attached hydrogens (tertiary/aromatic N) is 1. The van der Waals surface area contributed by atoms with Gasteiger partial charge in [0.2, 0.25) is 0 Å². The molecule has 1 fully saturated rings. The molecular formula is C13H28N2O. The second-order valence-electron chi connectivity index (χ2n) is 5.03. The van der Waals surface area contributed by atoms with Gasteiger partial charge in [0.25, 0.3) is 0 Å². The van der Waals surface area contributed by atoms with Gasteiger partial charge in [-0.1, -0.05) is 13.3 Å². The molecule has 3 nitrogen and oxygen atoms in total. The Balaban J connectivity index is 2.26. The molecule has 1 aliphatic heterocycles. The Kier molecular flexibility index (Phi) is 7.01. The predicted molar refractivity (Wildman–Crippen MR) is 68.7 cm³/mol. The Morgan fingerprint density at radius 3 is 2.94 bits per heavy atom. The molecule has 0 aliphatic carbocycles. The molecule has 2 atom stereocenters. The van der Waals surface area contributed by atoms with Crippen molar-refractivity contribution in [3.05, 3.63) is 0 Å². The second-order valence-corrected chi connectivity index (χ2v) is 5.03. The van der Waals surface area contributed by atoms with Gasteiger partial charge in [0.1, 0.15) is 0 Å². The SMILES string of the molecule is CCCNCC1CCCCN1CCC(C)O. The van der Waals surface area contributed by atoms with Gasteiger partial charge in [-0.2, -0.15) is 0 Å². The van der Waals surface area contributed by atoms with Gasteiger partial charge in [0.05, 0.1) is 6.10 Å². The second kappa shape index (κ2) is 8.04. The molecule has 0 spiro atoms. The molecule has 0 aromatic carbocycles. The predicted octanol–water partition coefficient (Wildman–Crippen LogP) is 1.61. The highest BCUT2D eigenvalue weighted by molar-refractivity contribution is 4.79. The van der Waals surface area contributed by atoms with Gasteiger partial charge in [-0.05, 0) is 45.7 Å². The van der Waals surface area contributed by atoms with Crippen LogP contribution in [0.25, 0.3) is 0 Å². The first-order chi connectivity index (χ1) is 7.74. The summed E-state index contributed by atoms with van der Waals surface area (Å²) < 4.78 is 0. The molecular weight excluding hydrogens is 200 g/mol. The molecule has 0 aromatic heterocycles. The van der Waals surface area contributed by atoms with Crippen LogP contribution in [0.4, 0.5) is 0 Å². The molecule has 3 heteroatoms. The molecule has 2 unspecified atom stereocenters. The standard InChI is InChI=1S/C13H28N2O/c1-3-8-14-11-13-6-4-5-9-15(13)10-7-12(2)16/h12-14,16H,3-11H2,1-2H3. The fourth-order valence-corrected chi connectivity index (χ4v) is 2.38. The van der Waals surface area contributed by atoms with Crippen LogP contribution in [0.1, 0.15) is 46.0 Å². The number of likely N-dealkylation sites (tertiary alicyclic amines) is 1. The maximum absolute atomic E-state index is 9.34. The van der Waals surface area contributed by atoms with Crippen molar-refractivity contribution in [3.63, 3.8) is 0 Å². The van der Waals surface area contributed by atoms with E-state index in [2.05, 4.69) is 17.1 Å². The molecule has 2 N–H and O–H groups in total. The van der Waals surface area contributed by atoms with Crippen molar-refractivity contribution >= 4 is 0 Å². The highest BCUT2D eigenvalue weighted by Gasteiger charge is 2.21. The minimum atomic E-state index is -0.161. The summed E-state index contributed by atoms with van der Waals surface area (Å²) in [6, 6.07) is 0.694. The van der Waals surface area contributed by atoms with Crippen LogP contribution in [0.5, 0.6) is 0 Å². The van der Waals surface area contributed by atoms with E-state index < -0.39 is 0 Å². The average Bonchev–Trinajstić information content (AvgIpc) is 2.28. The topological polar surface area (TPSA) is 35.5 Å². The maximum atomic E-state index is 9.34. The smallest absolute Gasteiger partial charge is 0.0524 e. The summed E-state index contributed by atoms with van der Waals surface area (Å²) in [7, 11) is 0. The summed E-state index contributed by atoms with van der Waals surface area (Å²) in [6.45, 7) is 8.60. The number of piperidine rings is 1. The number of hydrogen-bond donors (Lipinski definition) is 2. The molecule has 1 aliphatic rings. The third-order valence-electron chi connectivity index (χ3n) is 3.39. The van der Waals surface area contributed by atoms with Gasteiger partial charge in [-0.3, -0.25) is 4.90 Å². The van der Waals surface area contributed by atoms with Crippen LogP contribution in [0.15, 0.2) is 0 Å². The van der Waals surface area contributed by atoms with E-state index in [0.29, 0.717) is 6.04 Å². The first-order valence-corrected chi connectivity index (χ1v) is 6.87. The molecule has 1 rings (SSSR count). The minimum absolute atomic E-state index is 0.161. The van der Waals surface area contributed by atoms with E-state index >= 15 is 0 Å². The van der Waals surface area contributed by atoms with Crippen LogP contribution in [0.2, 0.25) is 0 Å². The molecule has 1 heterocycles. The van der Waals surface area contributed by atoms with Crippen molar-refractivity contribution in [1.82, 2.24) is 10.2 Å². The van der Waals surface area contributed by atoms with Gasteiger partial charge < -0.3 is 10.4 Å². The molecule has 0 radical (unpaired) electrons. The quantitative estimate of drug-likeness (QED) is 0.650. The molecule has 0 bridgehead atoms. The number of aliphatic hydroxyl groups excluding tert-OH is 1. The number of rotatable bonds is 7. The zero-order chi connectivity index (χ0) is 11.8. The van der Waals surface area contributed by atoms with E-state index in [1.807, 2.05) is 6.92 Å². The Hall–Kier alpha value is -0.120. The zero-order valence-electron chi connectivity index (χ0n) is 10.9. The van der Waals surface area contributed by atoms with Crippen LogP contribution >= 0.6 is 0 Å². The fourth-order valence-electron chi connectivity index (χ4n) is 2.38. The first-order valence-electron chi connectivity index (χ1n) is 6.87. The van der Waals surface area contributed by atoms with Crippen LogP contribution in [0, 0.1) is 0 Å². The van der Waals surface area contributed by atoms with Crippen LogP contribution < -0.4 is 5.32 Å². The monoisotopic (exact) mass is 228 g/mol. The summed E-state index contributed by atoms with van der Waals surface area (Å²) in [5.74, 6) is 0. The minimum Gasteiger partial charge on any atom is -0.393 e. The average molecular weight is 228 g/mol. The summed E-state index contributed by atoms with van der Waals surface area (Å²) in [5, 5.41) is 12.9. The molecule has 16 heavy (non-hydrogen) atoms. The Morgan fingerprint density at radius 2 is 2.25 bits per heavy atom. The lowest BCUT2D eigenvalue weighted by atomic mass is 10.0. The number of aliphatic hydroxyl groups is 1. The molecule has 0 aromatic rings. The third-order valence-corrected chi connectivity index (χ3v) is 3.39. The lowest BCUT2D eigenvalue weighted by molar-refractivity contribution is 0.109. The maximum Gasteiger partial charge on any atom is 0.0524 e. The Labute approximate surface area is 100 Å². The van der Waals surface area contributed by atoms with E-state index in [9.17, 15) is 5.11 Å². The van der Waals surface area contributed by atoms with Gasteiger partial charge in [-0.15, -0.1) is 0 Å². The van der Waals surface area contributed by atoms with Crippen molar-refractivity contribution in [2.24, 2.45) is 0 Å². The molecule has 0 saturated carbocycles. The van der Waals surface area contributed by atoms with E-state index in [0.717, 1.165) is 26.1 Å². The highest BCUT2D eigenvalue weighted by Crippen LogP contribution is 2.17. The Morgan fingerprint density at radius 1 is 1.44 bits per heavy atom. The van der Waals surface area contributed by atoms with Gasteiger partial charge in [0.15, 0.2) is 0 Å². The van der Waals surface area contributed by atoms with E-state index in [1.54, 1.807) is 0 Å². The van der Waals surface area contributed by atoms with Gasteiger partial charge in [0, 0.05) is 19.1 Å². The van der Waals surface area contributed by atoms with Crippen molar-refractivity contribution < 1.29 is 5.11 Å². The molecule has 1 saturated heterocycles. The largest absolute Gasteiger partial charge is 0.393 e. The summed E-state index contributed by atoms with van der Waals surface area (Å²) in [5.41, 5.74) is 0. The van der Waals surface area contributed by atoms with E-state index in [1.165, 1.54) is 32.2 Å². The number of nitrogens with one attached hydrogen (secondary N) is 1. The van der Waals surface area contributed by atoms with E-state index in [-0.39, 0.29) is 6.10 Å². The zero-order valence-corrected chi connectivity index (χ0v) is 10.9. The Bertz CT molecular complexity index is 173. The lowest BCUT2D eigenvalue weighted by Crippen LogP contribution is -2.46. The highest BCUT2D eigenvalue weighted by atomic mass is 16.3. The van der Waals surface area contributed by atoms with Gasteiger partial charge in [-0.25, -0.2) is 0 Å². The van der Waals surface area contributed by atoms with Crippen molar-refractivity contribution in [3.8, 4) is 0 Å². The fraction of sp³-hybridized carbons (Fsp3) is 1.00. The van der Waals surface area contributed by atoms with Crippen molar-refractivity contribution in [2.45, 2.75) is 58.1 Å². The first kappa shape index (κ1) is 13.9.